The SMILES string of the molecule is COc1c2c(cc3c1[C@H](CC(=O)c1ccc(N)cc1)[NH+](C)CC3)OCO2. The molecule has 0 radical (unpaired) electrons. The summed E-state index contributed by atoms with van der Waals surface area (Å²) in [5, 5.41) is 0. The lowest BCUT2D eigenvalue weighted by Gasteiger charge is -2.32. The molecule has 0 bridgehead atoms. The van der Waals surface area contributed by atoms with Gasteiger partial charge in [0.15, 0.2) is 17.3 Å². The second-order valence-corrected chi connectivity index (χ2v) is 6.86. The van der Waals surface area contributed by atoms with E-state index in [1.165, 1.54) is 10.5 Å². The number of benzene rings is 2. The number of nitrogen functional groups attached to an aromatic ring is 1. The van der Waals surface area contributed by atoms with Crippen LogP contribution in [0.15, 0.2) is 30.3 Å². The lowest BCUT2D eigenvalue weighted by atomic mass is 9.87. The van der Waals surface area contributed by atoms with Crippen LogP contribution in [0.25, 0.3) is 0 Å². The van der Waals surface area contributed by atoms with Crippen molar-refractivity contribution in [3.63, 3.8) is 0 Å². The zero-order valence-electron chi connectivity index (χ0n) is 15.0. The van der Waals surface area contributed by atoms with Crippen LogP contribution in [0.4, 0.5) is 5.69 Å². The van der Waals surface area contributed by atoms with Crippen molar-refractivity contribution in [3.05, 3.63) is 47.0 Å². The quantitative estimate of drug-likeness (QED) is 0.640. The third-order valence-electron chi connectivity index (χ3n) is 5.30. The molecule has 2 aliphatic rings. The van der Waals surface area contributed by atoms with Gasteiger partial charge in [-0.2, -0.15) is 0 Å². The average molecular weight is 355 g/mol. The highest BCUT2D eigenvalue weighted by molar-refractivity contribution is 5.96. The largest absolute Gasteiger partial charge is 0.492 e. The fourth-order valence-corrected chi connectivity index (χ4v) is 3.87. The number of rotatable bonds is 4. The van der Waals surface area contributed by atoms with Crippen molar-refractivity contribution in [1.82, 2.24) is 0 Å². The van der Waals surface area contributed by atoms with Gasteiger partial charge in [0.1, 0.15) is 6.04 Å². The van der Waals surface area contributed by atoms with Gasteiger partial charge >= 0.3 is 0 Å². The minimum Gasteiger partial charge on any atom is -0.492 e. The number of likely N-dealkylation sites (N-methyl/N-ethyl adjacent to an activating group) is 1. The van der Waals surface area contributed by atoms with Gasteiger partial charge in [-0.1, -0.05) is 0 Å². The second-order valence-electron chi connectivity index (χ2n) is 6.86. The number of hydrogen-bond donors (Lipinski definition) is 2. The molecule has 6 nitrogen and oxygen atoms in total. The van der Waals surface area contributed by atoms with Crippen LogP contribution in [0.3, 0.4) is 0 Å². The number of nitrogens with one attached hydrogen (secondary N) is 1. The summed E-state index contributed by atoms with van der Waals surface area (Å²) >= 11 is 0. The number of Topliss-reactive ketones (excluding diaryl/α,β-unsaturated/α-hetero) is 1. The topological polar surface area (TPSA) is 75.2 Å². The highest BCUT2D eigenvalue weighted by Crippen LogP contribution is 2.47. The Morgan fingerprint density at radius 1 is 1.31 bits per heavy atom. The van der Waals surface area contributed by atoms with Crippen molar-refractivity contribution in [3.8, 4) is 17.2 Å². The first-order valence-corrected chi connectivity index (χ1v) is 8.79. The Morgan fingerprint density at radius 3 is 2.81 bits per heavy atom. The van der Waals surface area contributed by atoms with Crippen LogP contribution in [0.5, 0.6) is 17.2 Å². The molecule has 26 heavy (non-hydrogen) atoms. The maximum Gasteiger partial charge on any atom is 0.231 e. The lowest BCUT2D eigenvalue weighted by Crippen LogP contribution is -3.10. The predicted molar refractivity (Wildman–Crippen MR) is 97.1 cm³/mol. The standard InChI is InChI=1S/C20H22N2O4/c1-22-8-7-13-9-17-19(26-11-25-17)20(24-2)18(13)15(22)10-16(23)12-3-5-14(21)6-4-12/h3-6,9,15H,7-8,10-11,21H2,1-2H3/p+1/t15-/m0/s1. The fraction of sp³-hybridized carbons (Fsp3) is 0.350. The van der Waals surface area contributed by atoms with Crippen LogP contribution in [-0.4, -0.2) is 33.3 Å². The van der Waals surface area contributed by atoms with E-state index < -0.39 is 0 Å². The Balaban J connectivity index is 1.71. The van der Waals surface area contributed by atoms with E-state index in [1.807, 2.05) is 6.07 Å². The van der Waals surface area contributed by atoms with Gasteiger partial charge in [-0.05, 0) is 35.9 Å². The van der Waals surface area contributed by atoms with Crippen LogP contribution < -0.4 is 24.8 Å². The fourth-order valence-electron chi connectivity index (χ4n) is 3.87. The van der Waals surface area contributed by atoms with E-state index in [0.717, 1.165) is 24.3 Å². The lowest BCUT2D eigenvalue weighted by molar-refractivity contribution is -0.913. The Labute approximate surface area is 152 Å². The minimum atomic E-state index is 0.00764. The Kier molecular flexibility index (Phi) is 4.20. The Hall–Kier alpha value is -2.73. The smallest absolute Gasteiger partial charge is 0.231 e. The molecule has 0 saturated carbocycles. The first kappa shape index (κ1) is 16.7. The molecular weight excluding hydrogens is 332 g/mol. The summed E-state index contributed by atoms with van der Waals surface area (Å²) in [7, 11) is 3.76. The first-order valence-electron chi connectivity index (χ1n) is 8.79. The van der Waals surface area contributed by atoms with Crippen molar-refractivity contribution in [2.45, 2.75) is 18.9 Å². The molecule has 2 atom stereocenters. The molecule has 3 N–H and O–H groups in total. The molecule has 0 aliphatic carbocycles. The van der Waals surface area contributed by atoms with Crippen LogP contribution in [0, 0.1) is 0 Å². The number of quaternary nitrogens is 1. The summed E-state index contributed by atoms with van der Waals surface area (Å²) < 4.78 is 16.9. The maximum absolute atomic E-state index is 12.9. The number of fused-ring (bicyclic) bond motifs is 2. The van der Waals surface area contributed by atoms with Gasteiger partial charge in [0, 0.05) is 17.7 Å². The molecule has 0 saturated heterocycles. The van der Waals surface area contributed by atoms with E-state index in [4.69, 9.17) is 19.9 Å². The molecule has 0 amide bonds. The van der Waals surface area contributed by atoms with E-state index in [2.05, 4.69) is 7.05 Å². The van der Waals surface area contributed by atoms with Crippen molar-refractivity contribution in [1.29, 1.82) is 0 Å². The predicted octanol–water partition coefficient (Wildman–Crippen LogP) is 1.39. The number of hydrogen-bond acceptors (Lipinski definition) is 5. The van der Waals surface area contributed by atoms with Crippen LogP contribution in [-0.2, 0) is 6.42 Å². The van der Waals surface area contributed by atoms with Crippen molar-refractivity contribution in [2.75, 3.05) is 33.2 Å². The molecule has 4 rings (SSSR count). The van der Waals surface area contributed by atoms with Gasteiger partial charge in [0.05, 0.1) is 32.7 Å². The number of anilines is 1. The van der Waals surface area contributed by atoms with Gasteiger partial charge in [-0.25, -0.2) is 0 Å². The van der Waals surface area contributed by atoms with Gasteiger partial charge in [0.25, 0.3) is 0 Å². The molecule has 0 fully saturated rings. The first-order chi connectivity index (χ1) is 12.6. The van der Waals surface area contributed by atoms with E-state index in [-0.39, 0.29) is 18.6 Å². The molecule has 2 heterocycles. The van der Waals surface area contributed by atoms with Crippen molar-refractivity contribution >= 4 is 11.5 Å². The monoisotopic (exact) mass is 355 g/mol. The Morgan fingerprint density at radius 2 is 2.08 bits per heavy atom. The normalized spacial score (nSPS) is 20.5. The maximum atomic E-state index is 12.9. The zero-order chi connectivity index (χ0) is 18.3. The van der Waals surface area contributed by atoms with Crippen LogP contribution in [0.1, 0.15) is 33.9 Å². The van der Waals surface area contributed by atoms with E-state index in [0.29, 0.717) is 29.2 Å². The number of ether oxygens (including phenoxy) is 3. The molecule has 136 valence electrons. The molecule has 0 aromatic heterocycles. The summed E-state index contributed by atoms with van der Waals surface area (Å²) in [5.74, 6) is 2.17. The van der Waals surface area contributed by atoms with Crippen molar-refractivity contribution < 1.29 is 23.9 Å². The number of nitrogens with two attached hydrogens (primary N) is 1. The zero-order valence-corrected chi connectivity index (χ0v) is 15.0. The highest BCUT2D eigenvalue weighted by atomic mass is 16.7. The summed E-state index contributed by atoms with van der Waals surface area (Å²) in [4.78, 5) is 14.2. The summed E-state index contributed by atoms with van der Waals surface area (Å²) in [6, 6.07) is 9.14. The minimum absolute atomic E-state index is 0.00764. The summed E-state index contributed by atoms with van der Waals surface area (Å²) in [6.07, 6.45) is 1.32. The molecular formula is C20H23N2O4+. The van der Waals surface area contributed by atoms with Gasteiger partial charge < -0.3 is 24.8 Å². The number of ketones is 1. The number of carbonyl (C=O) groups is 1. The molecule has 1 unspecified atom stereocenters. The van der Waals surface area contributed by atoms with E-state index >= 15 is 0 Å². The van der Waals surface area contributed by atoms with Crippen LogP contribution in [0.2, 0.25) is 0 Å². The molecule has 0 spiro atoms. The highest BCUT2D eigenvalue weighted by Gasteiger charge is 2.37. The van der Waals surface area contributed by atoms with Gasteiger partial charge in [-0.3, -0.25) is 4.79 Å². The molecule has 2 aromatic carbocycles. The molecule has 2 aliphatic heterocycles. The summed E-state index contributed by atoms with van der Waals surface area (Å²) in [5.41, 5.74) is 9.29. The number of methoxy groups -OCH3 is 1. The van der Waals surface area contributed by atoms with Crippen LogP contribution >= 0.6 is 0 Å². The van der Waals surface area contributed by atoms with Gasteiger partial charge in [-0.15, -0.1) is 0 Å². The number of carbonyl (C=O) groups excluding carboxylic acids is 1. The molecule has 2 aromatic rings. The van der Waals surface area contributed by atoms with Crippen molar-refractivity contribution in [2.24, 2.45) is 0 Å². The average Bonchev–Trinajstić information content (AvgIpc) is 3.11. The van der Waals surface area contributed by atoms with Gasteiger partial charge in [0.2, 0.25) is 12.5 Å². The third-order valence-corrected chi connectivity index (χ3v) is 5.30. The Bertz CT molecular complexity index is 848. The van der Waals surface area contributed by atoms with E-state index in [9.17, 15) is 4.79 Å². The third kappa shape index (κ3) is 2.76. The second kappa shape index (κ2) is 6.53. The van der Waals surface area contributed by atoms with E-state index in [1.54, 1.807) is 31.4 Å². The molecule has 6 heteroatoms. The summed E-state index contributed by atoms with van der Waals surface area (Å²) in [6.45, 7) is 1.15.